The molecule has 0 radical (unpaired) electrons. The highest BCUT2D eigenvalue weighted by atomic mass is 16.5. The lowest BCUT2D eigenvalue weighted by Crippen LogP contribution is -2.22. The molecule has 0 bridgehead atoms. The van der Waals surface area contributed by atoms with E-state index >= 15 is 0 Å². The number of rotatable bonds is 3. The minimum atomic E-state index is -1.06. The molecule has 0 saturated heterocycles. The molecule has 0 aromatic heterocycles. The van der Waals surface area contributed by atoms with Gasteiger partial charge >= 0.3 is 5.97 Å². The molecule has 0 amide bonds. The lowest BCUT2D eigenvalue weighted by Gasteiger charge is -2.15. The molecule has 2 rings (SSSR count). The second kappa shape index (κ2) is 3.38. The van der Waals surface area contributed by atoms with E-state index in [9.17, 15) is 9.90 Å². The van der Waals surface area contributed by atoms with Crippen molar-refractivity contribution in [3.8, 4) is 11.5 Å². The summed E-state index contributed by atoms with van der Waals surface area (Å²) in [6.07, 6.45) is 1.47. The van der Waals surface area contributed by atoms with Gasteiger partial charge in [0.25, 0.3) is 0 Å². The topological polar surface area (TPSA) is 92.8 Å². The third-order valence-electron chi connectivity index (χ3n) is 2.87. The fourth-order valence-corrected chi connectivity index (χ4v) is 1.72. The minimum absolute atomic E-state index is 0.0841. The number of aromatic hydroxyl groups is 1. The van der Waals surface area contributed by atoms with Gasteiger partial charge in [-0.2, -0.15) is 0 Å². The van der Waals surface area contributed by atoms with Crippen LogP contribution in [0.1, 0.15) is 28.8 Å². The number of carbonyl (C=O) groups is 1. The Bertz CT molecular complexity index is 452. The third-order valence-corrected chi connectivity index (χ3v) is 2.87. The maximum Gasteiger partial charge on any atom is 0.336 e. The summed E-state index contributed by atoms with van der Waals surface area (Å²) in [6.45, 7) is 0. The Morgan fingerprint density at radius 3 is 2.56 bits per heavy atom. The highest BCUT2D eigenvalue weighted by Gasteiger charge is 2.43. The Morgan fingerprint density at radius 2 is 2.12 bits per heavy atom. The van der Waals surface area contributed by atoms with Crippen LogP contribution in [-0.4, -0.2) is 23.3 Å². The summed E-state index contributed by atoms with van der Waals surface area (Å²) in [6, 6.07) is 2.69. The second-order valence-corrected chi connectivity index (χ2v) is 4.03. The molecule has 1 aromatic carbocycles. The second-order valence-electron chi connectivity index (χ2n) is 4.03. The van der Waals surface area contributed by atoms with Crippen LogP contribution in [0.5, 0.6) is 11.5 Å². The molecule has 1 saturated carbocycles. The van der Waals surface area contributed by atoms with Gasteiger partial charge in [-0.15, -0.1) is 0 Å². The Kier molecular flexibility index (Phi) is 2.27. The summed E-state index contributed by atoms with van der Waals surface area (Å²) in [7, 11) is 1.37. The molecule has 0 spiro atoms. The van der Waals surface area contributed by atoms with Crippen LogP contribution in [0, 0.1) is 0 Å². The van der Waals surface area contributed by atoms with Gasteiger partial charge in [0.15, 0.2) is 11.5 Å². The number of carboxylic acid groups (broad SMARTS) is 1. The average Bonchev–Trinajstić information content (AvgIpc) is 2.97. The smallest absolute Gasteiger partial charge is 0.336 e. The molecule has 1 aromatic rings. The van der Waals surface area contributed by atoms with Gasteiger partial charge in [0.05, 0.1) is 12.7 Å². The zero-order valence-corrected chi connectivity index (χ0v) is 8.86. The number of aromatic carboxylic acids is 1. The van der Waals surface area contributed by atoms with Crippen molar-refractivity contribution >= 4 is 5.97 Å². The van der Waals surface area contributed by atoms with Gasteiger partial charge in [-0.3, -0.25) is 0 Å². The summed E-state index contributed by atoms with van der Waals surface area (Å²) in [5.41, 5.74) is 5.91. The van der Waals surface area contributed by atoms with Gasteiger partial charge < -0.3 is 20.7 Å². The first-order valence-corrected chi connectivity index (χ1v) is 4.91. The predicted octanol–water partition coefficient (Wildman–Crippen LogP) is 1.05. The molecule has 1 aliphatic rings. The SMILES string of the molecule is COc1cc(C(=O)O)c(C2(N)CC2)cc1O. The fraction of sp³-hybridized carbons (Fsp3) is 0.364. The van der Waals surface area contributed by atoms with Gasteiger partial charge in [0.2, 0.25) is 0 Å². The number of hydrogen-bond donors (Lipinski definition) is 3. The number of methoxy groups -OCH3 is 1. The lowest BCUT2D eigenvalue weighted by molar-refractivity contribution is 0.0694. The van der Waals surface area contributed by atoms with Crippen molar-refractivity contribution in [3.63, 3.8) is 0 Å². The minimum Gasteiger partial charge on any atom is -0.504 e. The zero-order chi connectivity index (χ0) is 11.9. The summed E-state index contributed by atoms with van der Waals surface area (Å²) in [5.74, 6) is -1.00. The molecule has 5 nitrogen and oxygen atoms in total. The van der Waals surface area contributed by atoms with Gasteiger partial charge in [0, 0.05) is 5.54 Å². The zero-order valence-electron chi connectivity index (χ0n) is 8.86. The van der Waals surface area contributed by atoms with E-state index in [0.717, 1.165) is 12.8 Å². The largest absolute Gasteiger partial charge is 0.504 e. The van der Waals surface area contributed by atoms with Crippen molar-refractivity contribution < 1.29 is 19.7 Å². The van der Waals surface area contributed by atoms with Crippen molar-refractivity contribution in [2.75, 3.05) is 7.11 Å². The first-order valence-electron chi connectivity index (χ1n) is 4.91. The number of carboxylic acids is 1. The van der Waals surface area contributed by atoms with Gasteiger partial charge in [-0.25, -0.2) is 4.79 Å². The molecule has 5 heteroatoms. The quantitative estimate of drug-likeness (QED) is 0.712. The molecule has 16 heavy (non-hydrogen) atoms. The summed E-state index contributed by atoms with van der Waals surface area (Å²) in [4.78, 5) is 11.1. The maximum absolute atomic E-state index is 11.1. The molecule has 1 fully saturated rings. The molecule has 0 heterocycles. The standard InChI is InChI=1S/C11H13NO4/c1-16-9-4-6(10(14)15)7(5-8(9)13)11(12)2-3-11/h4-5,13H,2-3,12H2,1H3,(H,14,15). The molecule has 86 valence electrons. The van der Waals surface area contributed by atoms with Gasteiger partial charge in [-0.1, -0.05) is 0 Å². The van der Waals surface area contributed by atoms with Crippen molar-refractivity contribution in [3.05, 3.63) is 23.3 Å². The van der Waals surface area contributed by atoms with E-state index in [1.54, 1.807) is 0 Å². The van der Waals surface area contributed by atoms with Crippen LogP contribution in [0.4, 0.5) is 0 Å². The van der Waals surface area contributed by atoms with Gasteiger partial charge in [0.1, 0.15) is 0 Å². The van der Waals surface area contributed by atoms with Crippen LogP contribution in [0.2, 0.25) is 0 Å². The highest BCUT2D eigenvalue weighted by molar-refractivity contribution is 5.91. The van der Waals surface area contributed by atoms with Gasteiger partial charge in [-0.05, 0) is 30.5 Å². The summed E-state index contributed by atoms with van der Waals surface area (Å²) < 4.78 is 4.87. The number of benzene rings is 1. The summed E-state index contributed by atoms with van der Waals surface area (Å²) >= 11 is 0. The summed E-state index contributed by atoms with van der Waals surface area (Å²) in [5, 5.41) is 18.7. The average molecular weight is 223 g/mol. The van der Waals surface area contributed by atoms with E-state index in [4.69, 9.17) is 15.6 Å². The number of ether oxygens (including phenoxy) is 1. The molecule has 0 atom stereocenters. The van der Waals surface area contributed by atoms with Crippen molar-refractivity contribution in [1.82, 2.24) is 0 Å². The van der Waals surface area contributed by atoms with Crippen LogP contribution < -0.4 is 10.5 Å². The molecule has 1 aliphatic carbocycles. The van der Waals surface area contributed by atoms with Crippen LogP contribution >= 0.6 is 0 Å². The number of nitrogens with two attached hydrogens (primary N) is 1. The monoisotopic (exact) mass is 223 g/mol. The first kappa shape index (κ1) is 10.8. The molecule has 0 unspecified atom stereocenters. The van der Waals surface area contributed by atoms with E-state index in [0.29, 0.717) is 5.56 Å². The third kappa shape index (κ3) is 1.59. The molecule has 4 N–H and O–H groups in total. The highest BCUT2D eigenvalue weighted by Crippen LogP contribution is 2.46. The number of phenolic OH excluding ortho intramolecular Hbond substituents is 1. The van der Waals surface area contributed by atoms with E-state index in [2.05, 4.69) is 0 Å². The molecular weight excluding hydrogens is 210 g/mol. The van der Waals surface area contributed by atoms with Crippen LogP contribution in [0.3, 0.4) is 0 Å². The van der Waals surface area contributed by atoms with Crippen LogP contribution in [0.25, 0.3) is 0 Å². The van der Waals surface area contributed by atoms with Crippen molar-refractivity contribution in [1.29, 1.82) is 0 Å². The molecular formula is C11H13NO4. The van der Waals surface area contributed by atoms with E-state index < -0.39 is 11.5 Å². The Labute approximate surface area is 92.5 Å². The van der Waals surface area contributed by atoms with Crippen molar-refractivity contribution in [2.24, 2.45) is 5.73 Å². The van der Waals surface area contributed by atoms with Crippen LogP contribution in [0.15, 0.2) is 12.1 Å². The predicted molar refractivity (Wildman–Crippen MR) is 56.7 cm³/mol. The number of phenols is 1. The maximum atomic E-state index is 11.1. The Balaban J connectivity index is 2.59. The van der Waals surface area contributed by atoms with E-state index in [-0.39, 0.29) is 17.1 Å². The van der Waals surface area contributed by atoms with Crippen LogP contribution in [-0.2, 0) is 5.54 Å². The molecule has 0 aliphatic heterocycles. The Hall–Kier alpha value is -1.75. The van der Waals surface area contributed by atoms with Crippen molar-refractivity contribution in [2.45, 2.75) is 18.4 Å². The number of hydrogen-bond acceptors (Lipinski definition) is 4. The first-order chi connectivity index (χ1) is 7.48. The lowest BCUT2D eigenvalue weighted by atomic mass is 9.98. The Morgan fingerprint density at radius 1 is 1.50 bits per heavy atom. The van der Waals surface area contributed by atoms with E-state index in [1.165, 1.54) is 19.2 Å². The fourth-order valence-electron chi connectivity index (χ4n) is 1.72. The normalized spacial score (nSPS) is 16.9. The van der Waals surface area contributed by atoms with E-state index in [1.807, 2.05) is 0 Å².